The summed E-state index contributed by atoms with van der Waals surface area (Å²) < 4.78 is 23.2. The summed E-state index contributed by atoms with van der Waals surface area (Å²) in [6.07, 6.45) is 2.74. The molecule has 1 aromatic rings. The van der Waals surface area contributed by atoms with Gasteiger partial charge in [-0.3, -0.25) is 0 Å². The Bertz CT molecular complexity index is 511. The fourth-order valence-electron chi connectivity index (χ4n) is 2.53. The van der Waals surface area contributed by atoms with E-state index in [9.17, 15) is 8.42 Å². The highest BCUT2D eigenvalue weighted by atomic mass is 32.2. The highest BCUT2D eigenvalue weighted by Gasteiger charge is 2.13. The summed E-state index contributed by atoms with van der Waals surface area (Å²) in [7, 11) is -2.84. The normalized spacial score (nSPS) is 13.3. The molecule has 1 rings (SSSR count). The Labute approximate surface area is 130 Å². The van der Waals surface area contributed by atoms with Gasteiger partial charge in [-0.15, -0.1) is 0 Å². The van der Waals surface area contributed by atoms with Gasteiger partial charge in [0, 0.05) is 5.75 Å². The van der Waals surface area contributed by atoms with Gasteiger partial charge in [-0.05, 0) is 50.8 Å². The third-order valence-electron chi connectivity index (χ3n) is 3.80. The van der Waals surface area contributed by atoms with Crippen molar-refractivity contribution in [2.75, 3.05) is 24.6 Å². The first-order valence-electron chi connectivity index (χ1n) is 7.93. The minimum atomic E-state index is -2.84. The van der Waals surface area contributed by atoms with Crippen molar-refractivity contribution in [2.45, 2.75) is 40.0 Å². The zero-order chi connectivity index (χ0) is 15.7. The van der Waals surface area contributed by atoms with E-state index < -0.39 is 9.84 Å². The molecular weight excluding hydrogens is 282 g/mol. The molecule has 120 valence electrons. The Balaban J connectivity index is 2.55. The third kappa shape index (κ3) is 7.63. The molecular formula is C17H29NO2S. The van der Waals surface area contributed by atoms with Crippen LogP contribution < -0.4 is 5.32 Å². The molecule has 3 nitrogen and oxygen atoms in total. The monoisotopic (exact) mass is 311 g/mol. The van der Waals surface area contributed by atoms with Crippen LogP contribution in [0.4, 0.5) is 0 Å². The average molecular weight is 311 g/mol. The van der Waals surface area contributed by atoms with Crippen LogP contribution in [0.2, 0.25) is 0 Å². The second-order valence-corrected chi connectivity index (χ2v) is 8.22. The summed E-state index contributed by atoms with van der Waals surface area (Å²) in [6, 6.07) is 8.59. The lowest BCUT2D eigenvalue weighted by molar-refractivity contribution is 0.444. The topological polar surface area (TPSA) is 46.2 Å². The van der Waals surface area contributed by atoms with Crippen LogP contribution >= 0.6 is 0 Å². The zero-order valence-corrected chi connectivity index (χ0v) is 14.4. The van der Waals surface area contributed by atoms with E-state index in [1.54, 1.807) is 6.92 Å². The van der Waals surface area contributed by atoms with Crippen LogP contribution in [0.25, 0.3) is 0 Å². The smallest absolute Gasteiger partial charge is 0.150 e. The highest BCUT2D eigenvalue weighted by molar-refractivity contribution is 7.91. The molecule has 4 heteroatoms. The van der Waals surface area contributed by atoms with Crippen molar-refractivity contribution < 1.29 is 8.42 Å². The largest absolute Gasteiger partial charge is 0.317 e. The second-order valence-electron chi connectivity index (χ2n) is 5.75. The molecule has 0 amide bonds. The van der Waals surface area contributed by atoms with Crippen molar-refractivity contribution in [2.24, 2.45) is 5.92 Å². The SMILES string of the molecule is CCNCC(CCCS(=O)(=O)CC)Cc1cccc(C)c1. The van der Waals surface area contributed by atoms with Gasteiger partial charge < -0.3 is 5.32 Å². The first-order chi connectivity index (χ1) is 9.96. The Morgan fingerprint density at radius 1 is 1.24 bits per heavy atom. The first-order valence-corrected chi connectivity index (χ1v) is 9.75. The summed E-state index contributed by atoms with van der Waals surface area (Å²) in [5.74, 6) is 1.07. The van der Waals surface area contributed by atoms with E-state index in [0.29, 0.717) is 11.7 Å². The molecule has 0 spiro atoms. The molecule has 0 aliphatic rings. The van der Waals surface area contributed by atoms with Crippen molar-refractivity contribution in [3.8, 4) is 0 Å². The fraction of sp³-hybridized carbons (Fsp3) is 0.647. The molecule has 1 N–H and O–H groups in total. The highest BCUT2D eigenvalue weighted by Crippen LogP contribution is 2.16. The molecule has 1 atom stereocenters. The van der Waals surface area contributed by atoms with Crippen LogP contribution in [0.15, 0.2) is 24.3 Å². The molecule has 0 radical (unpaired) electrons. The predicted molar refractivity (Wildman–Crippen MR) is 90.5 cm³/mol. The van der Waals surface area contributed by atoms with Gasteiger partial charge in [-0.1, -0.05) is 43.7 Å². The lowest BCUT2D eigenvalue weighted by atomic mass is 9.94. The molecule has 0 saturated heterocycles. The minimum Gasteiger partial charge on any atom is -0.317 e. The predicted octanol–water partition coefficient (Wildman–Crippen LogP) is 2.98. The molecule has 0 aliphatic heterocycles. The van der Waals surface area contributed by atoms with E-state index in [0.717, 1.165) is 32.4 Å². The van der Waals surface area contributed by atoms with Crippen molar-refractivity contribution >= 4 is 9.84 Å². The number of rotatable bonds is 10. The summed E-state index contributed by atoms with van der Waals surface area (Å²) in [5.41, 5.74) is 2.62. The van der Waals surface area contributed by atoms with Crippen molar-refractivity contribution in [1.82, 2.24) is 5.32 Å². The Morgan fingerprint density at radius 3 is 2.62 bits per heavy atom. The van der Waals surface area contributed by atoms with E-state index in [4.69, 9.17) is 0 Å². The lowest BCUT2D eigenvalue weighted by Crippen LogP contribution is -2.24. The Morgan fingerprint density at radius 2 is 2.00 bits per heavy atom. The Hall–Kier alpha value is -0.870. The maximum absolute atomic E-state index is 11.6. The van der Waals surface area contributed by atoms with Crippen LogP contribution in [-0.2, 0) is 16.3 Å². The van der Waals surface area contributed by atoms with Gasteiger partial charge in [0.15, 0.2) is 0 Å². The zero-order valence-electron chi connectivity index (χ0n) is 13.6. The Kier molecular flexibility index (Phi) is 7.97. The van der Waals surface area contributed by atoms with Crippen LogP contribution in [-0.4, -0.2) is 33.0 Å². The molecule has 0 aromatic heterocycles. The van der Waals surface area contributed by atoms with Crippen molar-refractivity contribution in [3.63, 3.8) is 0 Å². The number of benzene rings is 1. The van der Waals surface area contributed by atoms with E-state index >= 15 is 0 Å². The molecule has 0 fully saturated rings. The van der Waals surface area contributed by atoms with E-state index in [1.165, 1.54) is 11.1 Å². The fourth-order valence-corrected chi connectivity index (χ4v) is 3.43. The summed E-state index contributed by atoms with van der Waals surface area (Å²) in [6.45, 7) is 7.84. The van der Waals surface area contributed by atoms with E-state index in [1.807, 2.05) is 0 Å². The number of hydrogen-bond acceptors (Lipinski definition) is 3. The third-order valence-corrected chi connectivity index (χ3v) is 5.59. The van der Waals surface area contributed by atoms with Crippen LogP contribution in [0.1, 0.15) is 37.8 Å². The van der Waals surface area contributed by atoms with Gasteiger partial charge >= 0.3 is 0 Å². The number of sulfone groups is 1. The van der Waals surface area contributed by atoms with Crippen LogP contribution in [0.3, 0.4) is 0 Å². The van der Waals surface area contributed by atoms with E-state index in [-0.39, 0.29) is 5.75 Å². The summed E-state index contributed by atoms with van der Waals surface area (Å²) in [4.78, 5) is 0. The maximum Gasteiger partial charge on any atom is 0.150 e. The van der Waals surface area contributed by atoms with Crippen molar-refractivity contribution in [3.05, 3.63) is 35.4 Å². The average Bonchev–Trinajstić information content (AvgIpc) is 2.44. The molecule has 21 heavy (non-hydrogen) atoms. The lowest BCUT2D eigenvalue weighted by Gasteiger charge is -2.17. The van der Waals surface area contributed by atoms with Gasteiger partial charge in [-0.25, -0.2) is 8.42 Å². The number of nitrogens with one attached hydrogen (secondary N) is 1. The second kappa shape index (κ2) is 9.21. The molecule has 1 aromatic carbocycles. The maximum atomic E-state index is 11.6. The quantitative estimate of drug-likeness (QED) is 0.722. The molecule has 1 unspecified atom stereocenters. The van der Waals surface area contributed by atoms with Gasteiger partial charge in [0.25, 0.3) is 0 Å². The molecule has 0 aliphatic carbocycles. The van der Waals surface area contributed by atoms with E-state index in [2.05, 4.69) is 43.4 Å². The van der Waals surface area contributed by atoms with Crippen LogP contribution in [0, 0.1) is 12.8 Å². The molecule has 0 bridgehead atoms. The summed E-state index contributed by atoms with van der Waals surface area (Å²) in [5, 5.41) is 3.40. The minimum absolute atomic E-state index is 0.253. The van der Waals surface area contributed by atoms with Gasteiger partial charge in [-0.2, -0.15) is 0 Å². The summed E-state index contributed by atoms with van der Waals surface area (Å²) >= 11 is 0. The standard InChI is InChI=1S/C17H29NO2S/c1-4-18-14-17(10-7-11-21(19,20)5-2)13-16-9-6-8-15(3)12-16/h6,8-9,12,17-18H,4-5,7,10-11,13-14H2,1-3H3. The van der Waals surface area contributed by atoms with Crippen LogP contribution in [0.5, 0.6) is 0 Å². The first kappa shape index (κ1) is 18.2. The number of aryl methyl sites for hydroxylation is 1. The number of hydrogen-bond donors (Lipinski definition) is 1. The molecule has 0 heterocycles. The van der Waals surface area contributed by atoms with Gasteiger partial charge in [0.05, 0.1) is 5.75 Å². The molecule has 0 saturated carbocycles. The van der Waals surface area contributed by atoms with Gasteiger partial charge in [0.2, 0.25) is 0 Å². The van der Waals surface area contributed by atoms with Gasteiger partial charge in [0.1, 0.15) is 9.84 Å². The van der Waals surface area contributed by atoms with Crippen molar-refractivity contribution in [1.29, 1.82) is 0 Å².